The SMILES string of the molecule is N#CCc1ccc(S(=O)(=O)NC2(CO)CCCCC2)cc1. The zero-order valence-corrected chi connectivity index (χ0v) is 12.7. The van der Waals surface area contributed by atoms with Gasteiger partial charge in [-0.3, -0.25) is 0 Å². The molecular weight excluding hydrogens is 288 g/mol. The average Bonchev–Trinajstić information content (AvgIpc) is 2.49. The van der Waals surface area contributed by atoms with E-state index in [2.05, 4.69) is 4.72 Å². The van der Waals surface area contributed by atoms with Crippen LogP contribution >= 0.6 is 0 Å². The van der Waals surface area contributed by atoms with Crippen LogP contribution in [0.1, 0.15) is 37.7 Å². The summed E-state index contributed by atoms with van der Waals surface area (Å²) in [5.74, 6) is 0. The van der Waals surface area contributed by atoms with Crippen molar-refractivity contribution < 1.29 is 13.5 Å². The summed E-state index contributed by atoms with van der Waals surface area (Å²) in [4.78, 5) is 0.169. The fourth-order valence-corrected chi connectivity index (χ4v) is 4.19. The van der Waals surface area contributed by atoms with Crippen LogP contribution in [0, 0.1) is 11.3 Å². The Bertz CT molecular complexity index is 611. The topological polar surface area (TPSA) is 90.2 Å². The van der Waals surface area contributed by atoms with Crippen LogP contribution < -0.4 is 4.72 Å². The molecule has 2 N–H and O–H groups in total. The van der Waals surface area contributed by atoms with Crippen molar-refractivity contribution >= 4 is 10.0 Å². The second-order valence-electron chi connectivity index (χ2n) is 5.58. The van der Waals surface area contributed by atoms with Crippen molar-refractivity contribution in [3.8, 4) is 6.07 Å². The van der Waals surface area contributed by atoms with E-state index in [0.29, 0.717) is 12.8 Å². The number of sulfonamides is 1. The molecule has 1 aliphatic rings. The van der Waals surface area contributed by atoms with E-state index in [-0.39, 0.29) is 17.9 Å². The number of nitriles is 1. The van der Waals surface area contributed by atoms with Crippen molar-refractivity contribution in [2.45, 2.75) is 49.0 Å². The summed E-state index contributed by atoms with van der Waals surface area (Å²) < 4.78 is 27.6. The number of hydrogen-bond acceptors (Lipinski definition) is 4. The normalized spacial score (nSPS) is 18.1. The molecule has 0 aromatic heterocycles. The highest BCUT2D eigenvalue weighted by atomic mass is 32.2. The number of rotatable bonds is 5. The van der Waals surface area contributed by atoms with Crippen LogP contribution in [0.15, 0.2) is 29.2 Å². The van der Waals surface area contributed by atoms with Gasteiger partial charge in [0.05, 0.1) is 29.5 Å². The zero-order chi connectivity index (χ0) is 15.3. The summed E-state index contributed by atoms with van der Waals surface area (Å²) in [7, 11) is -3.66. The zero-order valence-electron chi connectivity index (χ0n) is 11.9. The van der Waals surface area contributed by atoms with Gasteiger partial charge in [-0.05, 0) is 30.5 Å². The molecule has 0 heterocycles. The van der Waals surface area contributed by atoms with Gasteiger partial charge < -0.3 is 5.11 Å². The number of aliphatic hydroxyl groups is 1. The summed E-state index contributed by atoms with van der Waals surface area (Å²) >= 11 is 0. The molecule has 0 unspecified atom stereocenters. The van der Waals surface area contributed by atoms with Gasteiger partial charge in [0.15, 0.2) is 0 Å². The van der Waals surface area contributed by atoms with Crippen molar-refractivity contribution in [2.75, 3.05) is 6.61 Å². The summed E-state index contributed by atoms with van der Waals surface area (Å²) in [5.41, 5.74) is 0.0496. The molecule has 1 saturated carbocycles. The maximum absolute atomic E-state index is 12.4. The molecule has 1 aromatic carbocycles. The lowest BCUT2D eigenvalue weighted by Gasteiger charge is -2.36. The molecule has 1 fully saturated rings. The molecule has 0 spiro atoms. The van der Waals surface area contributed by atoms with E-state index in [1.54, 1.807) is 12.1 Å². The molecule has 114 valence electrons. The first-order valence-corrected chi connectivity index (χ1v) is 8.60. The molecule has 0 aliphatic heterocycles. The van der Waals surface area contributed by atoms with Gasteiger partial charge in [0.25, 0.3) is 0 Å². The minimum absolute atomic E-state index is 0.169. The predicted molar refractivity (Wildman–Crippen MR) is 79.0 cm³/mol. The predicted octanol–water partition coefficient (Wildman–Crippen LogP) is 1.73. The first kappa shape index (κ1) is 16.0. The summed E-state index contributed by atoms with van der Waals surface area (Å²) in [6.07, 6.45) is 4.50. The van der Waals surface area contributed by atoms with E-state index in [4.69, 9.17) is 5.26 Å². The Morgan fingerprint density at radius 3 is 2.33 bits per heavy atom. The Morgan fingerprint density at radius 1 is 1.19 bits per heavy atom. The summed E-state index contributed by atoms with van der Waals surface area (Å²) in [6.45, 7) is -0.182. The van der Waals surface area contributed by atoms with Crippen LogP contribution in [0.5, 0.6) is 0 Å². The Balaban J connectivity index is 2.19. The minimum Gasteiger partial charge on any atom is -0.394 e. The van der Waals surface area contributed by atoms with Crippen LogP contribution in [0.3, 0.4) is 0 Å². The van der Waals surface area contributed by atoms with E-state index in [9.17, 15) is 13.5 Å². The van der Waals surface area contributed by atoms with Gasteiger partial charge in [0, 0.05) is 0 Å². The average molecular weight is 308 g/mol. The molecule has 0 atom stereocenters. The van der Waals surface area contributed by atoms with Gasteiger partial charge in [-0.25, -0.2) is 13.1 Å². The quantitative estimate of drug-likeness (QED) is 0.866. The van der Waals surface area contributed by atoms with E-state index >= 15 is 0 Å². The molecule has 1 aromatic rings. The van der Waals surface area contributed by atoms with Crippen LogP contribution in [0.4, 0.5) is 0 Å². The highest BCUT2D eigenvalue weighted by Gasteiger charge is 2.35. The molecule has 21 heavy (non-hydrogen) atoms. The molecule has 5 nitrogen and oxygen atoms in total. The molecule has 2 rings (SSSR count). The molecule has 0 saturated heterocycles. The number of benzene rings is 1. The smallest absolute Gasteiger partial charge is 0.241 e. The largest absolute Gasteiger partial charge is 0.394 e. The lowest BCUT2D eigenvalue weighted by Crippen LogP contribution is -2.52. The highest BCUT2D eigenvalue weighted by Crippen LogP contribution is 2.29. The number of nitrogens with zero attached hydrogens (tertiary/aromatic N) is 1. The third kappa shape index (κ3) is 3.82. The second kappa shape index (κ2) is 6.56. The first-order chi connectivity index (χ1) is 10.0. The molecule has 1 aliphatic carbocycles. The Kier molecular flexibility index (Phi) is 4.99. The monoisotopic (exact) mass is 308 g/mol. The van der Waals surface area contributed by atoms with Gasteiger partial charge in [-0.1, -0.05) is 31.4 Å². The number of aliphatic hydroxyl groups excluding tert-OH is 1. The standard InChI is InChI=1S/C15H20N2O3S/c16-11-8-13-4-6-14(7-5-13)21(19,20)17-15(12-18)9-2-1-3-10-15/h4-7,17-18H,1-3,8-10,12H2. The molecule has 0 radical (unpaired) electrons. The van der Waals surface area contributed by atoms with Crippen molar-refractivity contribution in [2.24, 2.45) is 0 Å². The van der Waals surface area contributed by atoms with Crippen molar-refractivity contribution in [3.63, 3.8) is 0 Å². The van der Waals surface area contributed by atoms with Crippen LogP contribution in [0.25, 0.3) is 0 Å². The van der Waals surface area contributed by atoms with Crippen molar-refractivity contribution in [1.82, 2.24) is 4.72 Å². The number of hydrogen-bond donors (Lipinski definition) is 2. The van der Waals surface area contributed by atoms with Gasteiger partial charge in [0.2, 0.25) is 10.0 Å². The van der Waals surface area contributed by atoms with E-state index in [1.807, 2.05) is 6.07 Å². The third-order valence-electron chi connectivity index (χ3n) is 3.98. The fraction of sp³-hybridized carbons (Fsp3) is 0.533. The van der Waals surface area contributed by atoms with Crippen molar-refractivity contribution in [1.29, 1.82) is 5.26 Å². The van der Waals surface area contributed by atoms with E-state index < -0.39 is 15.6 Å². The maximum atomic E-state index is 12.4. The fourth-order valence-electron chi connectivity index (χ4n) is 2.74. The van der Waals surface area contributed by atoms with E-state index in [1.165, 1.54) is 12.1 Å². The maximum Gasteiger partial charge on any atom is 0.241 e. The Morgan fingerprint density at radius 2 is 1.81 bits per heavy atom. The van der Waals surface area contributed by atoms with Crippen LogP contribution in [-0.2, 0) is 16.4 Å². The lowest BCUT2D eigenvalue weighted by molar-refractivity contribution is 0.142. The third-order valence-corrected chi connectivity index (χ3v) is 5.58. The second-order valence-corrected chi connectivity index (χ2v) is 7.27. The van der Waals surface area contributed by atoms with Gasteiger partial charge in [0.1, 0.15) is 0 Å². The number of nitrogens with one attached hydrogen (secondary N) is 1. The van der Waals surface area contributed by atoms with Crippen molar-refractivity contribution in [3.05, 3.63) is 29.8 Å². The first-order valence-electron chi connectivity index (χ1n) is 7.12. The van der Waals surface area contributed by atoms with Gasteiger partial charge >= 0.3 is 0 Å². The van der Waals surface area contributed by atoms with Crippen LogP contribution in [0.2, 0.25) is 0 Å². The Hall–Kier alpha value is -1.42. The Labute approximate surface area is 125 Å². The molecular formula is C15H20N2O3S. The van der Waals surface area contributed by atoms with E-state index in [0.717, 1.165) is 24.8 Å². The highest BCUT2D eigenvalue weighted by molar-refractivity contribution is 7.89. The van der Waals surface area contributed by atoms with Gasteiger partial charge in [-0.15, -0.1) is 0 Å². The summed E-state index contributed by atoms with van der Waals surface area (Å²) in [6, 6.07) is 8.32. The van der Waals surface area contributed by atoms with Crippen LogP contribution in [-0.4, -0.2) is 25.7 Å². The molecule has 0 amide bonds. The minimum atomic E-state index is -3.66. The molecule has 6 heteroatoms. The lowest BCUT2D eigenvalue weighted by atomic mass is 9.83. The summed E-state index contributed by atoms with van der Waals surface area (Å²) in [5, 5.41) is 18.2. The van der Waals surface area contributed by atoms with Gasteiger partial charge in [-0.2, -0.15) is 5.26 Å². The molecule has 0 bridgehead atoms.